The molecular weight excluding hydrogens is 425 g/mol. The van der Waals surface area contributed by atoms with Crippen molar-refractivity contribution < 1.29 is 14.3 Å². The van der Waals surface area contributed by atoms with E-state index >= 15 is 0 Å². The molecule has 2 aromatic rings. The molecule has 10 heteroatoms. The number of H-pyrrole nitrogens is 1. The van der Waals surface area contributed by atoms with Crippen LogP contribution < -0.4 is 15.1 Å². The number of carbonyl (C=O) groups is 1. The first-order valence-electron chi connectivity index (χ1n) is 12.0. The molecule has 4 bridgehead atoms. The van der Waals surface area contributed by atoms with Gasteiger partial charge in [0.25, 0.3) is 11.9 Å². The minimum Gasteiger partial charge on any atom is -0.390 e. The first-order valence-corrected chi connectivity index (χ1v) is 12.0. The number of aliphatic hydroxyl groups is 1. The van der Waals surface area contributed by atoms with Gasteiger partial charge in [0.05, 0.1) is 5.60 Å². The third-order valence-electron chi connectivity index (χ3n) is 8.21. The summed E-state index contributed by atoms with van der Waals surface area (Å²) in [6.07, 6.45) is 7.90. The van der Waals surface area contributed by atoms with E-state index in [2.05, 4.69) is 30.4 Å². The Kier molecular flexibility index (Phi) is 4.83. The number of piperazine rings is 1. The first kappa shape index (κ1) is 20.8. The van der Waals surface area contributed by atoms with Gasteiger partial charge in [0.2, 0.25) is 5.95 Å². The number of nitrogens with one attached hydrogen (secondary N) is 2. The van der Waals surface area contributed by atoms with Crippen LogP contribution in [-0.2, 0) is 0 Å². The lowest BCUT2D eigenvalue weighted by Gasteiger charge is -2.58. The number of anilines is 2. The Labute approximate surface area is 191 Å². The summed E-state index contributed by atoms with van der Waals surface area (Å²) in [6, 6.07) is 1.81. The van der Waals surface area contributed by atoms with Crippen molar-refractivity contribution in [1.82, 2.24) is 25.5 Å². The maximum atomic E-state index is 13.9. The summed E-state index contributed by atoms with van der Waals surface area (Å²) in [5.74, 6) is 1.15. The SMILES string of the molecule is C[C@@H]1CN(c2c[nH]nc2F)CCN1c1nccc(C(=O)N[C@H]2C3CC4CC2C[C@](O)(C4)C3)n1. The van der Waals surface area contributed by atoms with Crippen LogP contribution in [0.15, 0.2) is 18.5 Å². The van der Waals surface area contributed by atoms with Gasteiger partial charge in [-0.15, -0.1) is 5.10 Å². The predicted octanol–water partition coefficient (Wildman–Crippen LogP) is 1.72. The molecule has 3 N–H and O–H groups in total. The lowest BCUT2D eigenvalue weighted by molar-refractivity contribution is -0.136. The van der Waals surface area contributed by atoms with E-state index in [-0.39, 0.29) is 18.0 Å². The number of nitrogens with zero attached hydrogens (tertiary/aromatic N) is 5. The quantitative estimate of drug-likeness (QED) is 0.644. The summed E-state index contributed by atoms with van der Waals surface area (Å²) in [5, 5.41) is 20.2. The van der Waals surface area contributed by atoms with Gasteiger partial charge < -0.3 is 20.2 Å². The lowest BCUT2D eigenvalue weighted by Crippen LogP contribution is -2.61. The molecule has 33 heavy (non-hydrogen) atoms. The van der Waals surface area contributed by atoms with Gasteiger partial charge in [0.15, 0.2) is 0 Å². The molecule has 2 aromatic heterocycles. The maximum Gasteiger partial charge on any atom is 0.270 e. The Morgan fingerprint density at radius 2 is 2.06 bits per heavy atom. The summed E-state index contributed by atoms with van der Waals surface area (Å²) >= 11 is 0. The van der Waals surface area contributed by atoms with Crippen molar-refractivity contribution in [3.8, 4) is 0 Å². The maximum absolute atomic E-state index is 13.9. The predicted molar refractivity (Wildman–Crippen MR) is 119 cm³/mol. The summed E-state index contributed by atoms with van der Waals surface area (Å²) in [6.45, 7) is 3.87. The Bertz CT molecular complexity index is 1040. The van der Waals surface area contributed by atoms with Gasteiger partial charge in [-0.1, -0.05) is 0 Å². The zero-order chi connectivity index (χ0) is 22.7. The summed E-state index contributed by atoms with van der Waals surface area (Å²) in [4.78, 5) is 26.2. The molecule has 4 aliphatic carbocycles. The average molecular weight is 456 g/mol. The Morgan fingerprint density at radius 3 is 2.73 bits per heavy atom. The van der Waals surface area contributed by atoms with Gasteiger partial charge in [-0.25, -0.2) is 9.97 Å². The second kappa shape index (κ2) is 7.65. The van der Waals surface area contributed by atoms with Crippen molar-refractivity contribution in [1.29, 1.82) is 0 Å². The lowest BCUT2D eigenvalue weighted by atomic mass is 9.52. The molecule has 2 unspecified atom stereocenters. The smallest absolute Gasteiger partial charge is 0.270 e. The van der Waals surface area contributed by atoms with Crippen LogP contribution in [0.5, 0.6) is 0 Å². The molecule has 1 saturated heterocycles. The summed E-state index contributed by atoms with van der Waals surface area (Å²) in [7, 11) is 0. The minimum absolute atomic E-state index is 0.0385. The van der Waals surface area contributed by atoms with E-state index in [0.29, 0.717) is 54.7 Å². The largest absolute Gasteiger partial charge is 0.390 e. The Hall–Kier alpha value is -2.75. The fraction of sp³-hybridized carbons (Fsp3) is 0.652. The number of halogens is 1. The highest BCUT2D eigenvalue weighted by Crippen LogP contribution is 2.55. The fourth-order valence-corrected chi connectivity index (χ4v) is 7.02. The molecule has 176 valence electrons. The summed E-state index contributed by atoms with van der Waals surface area (Å²) in [5.41, 5.74) is 0.316. The van der Waals surface area contributed by atoms with Crippen LogP contribution in [0.3, 0.4) is 0 Å². The molecule has 0 aromatic carbocycles. The molecule has 1 aliphatic heterocycles. The fourth-order valence-electron chi connectivity index (χ4n) is 7.02. The number of amides is 1. The third kappa shape index (κ3) is 3.64. The van der Waals surface area contributed by atoms with E-state index in [4.69, 9.17) is 0 Å². The minimum atomic E-state index is -0.516. The third-order valence-corrected chi connectivity index (χ3v) is 8.21. The molecule has 7 rings (SSSR count). The molecular formula is C23H30FN7O2. The highest BCUT2D eigenvalue weighted by atomic mass is 19.1. The van der Waals surface area contributed by atoms with Crippen LogP contribution in [0, 0.1) is 23.7 Å². The van der Waals surface area contributed by atoms with Crippen LogP contribution in [0.1, 0.15) is 49.5 Å². The Morgan fingerprint density at radius 1 is 1.27 bits per heavy atom. The van der Waals surface area contributed by atoms with Crippen molar-refractivity contribution >= 4 is 17.5 Å². The Balaban J connectivity index is 1.14. The monoisotopic (exact) mass is 455 g/mol. The number of rotatable bonds is 4. The molecule has 4 saturated carbocycles. The van der Waals surface area contributed by atoms with Crippen LogP contribution in [0.4, 0.5) is 16.0 Å². The van der Waals surface area contributed by atoms with Crippen molar-refractivity contribution in [3.05, 3.63) is 30.1 Å². The van der Waals surface area contributed by atoms with Crippen LogP contribution in [0.2, 0.25) is 0 Å². The van der Waals surface area contributed by atoms with Crippen molar-refractivity contribution in [2.75, 3.05) is 29.4 Å². The normalized spacial score (nSPS) is 35.2. The van der Waals surface area contributed by atoms with Crippen LogP contribution in [0.25, 0.3) is 0 Å². The molecule has 1 amide bonds. The molecule has 3 heterocycles. The molecule has 0 spiro atoms. The van der Waals surface area contributed by atoms with Gasteiger partial charge in [-0.3, -0.25) is 9.89 Å². The van der Waals surface area contributed by atoms with Gasteiger partial charge in [0.1, 0.15) is 11.4 Å². The zero-order valence-electron chi connectivity index (χ0n) is 18.7. The van der Waals surface area contributed by atoms with Gasteiger partial charge in [0, 0.05) is 44.1 Å². The van der Waals surface area contributed by atoms with Crippen molar-refractivity contribution in [2.45, 2.75) is 56.7 Å². The zero-order valence-corrected chi connectivity index (χ0v) is 18.7. The van der Waals surface area contributed by atoms with Crippen molar-refractivity contribution in [3.63, 3.8) is 0 Å². The van der Waals surface area contributed by atoms with Crippen molar-refractivity contribution in [2.24, 2.45) is 17.8 Å². The van der Waals surface area contributed by atoms with Crippen LogP contribution >= 0.6 is 0 Å². The molecule has 9 nitrogen and oxygen atoms in total. The van der Waals surface area contributed by atoms with E-state index in [0.717, 1.165) is 32.1 Å². The van der Waals surface area contributed by atoms with E-state index in [1.54, 1.807) is 18.5 Å². The standard InChI is InChI=1S/C23H30FN7O2/c1-13-12-30(18-11-26-29-20(18)24)4-5-31(13)22-25-3-2-17(27-22)21(32)28-19-15-6-14-7-16(19)10-23(33,8-14)9-15/h2-3,11,13-16,19,33H,4-10,12H2,1H3,(H,26,29)(H,28,32)/t13-,14?,15?,16?,19-,23-/m1/s1. The molecule has 3 atom stereocenters. The number of hydrogen-bond acceptors (Lipinski definition) is 7. The van der Waals surface area contributed by atoms with Gasteiger partial charge in [-0.05, 0) is 62.8 Å². The number of hydrogen-bond donors (Lipinski definition) is 3. The van der Waals surface area contributed by atoms with Gasteiger partial charge >= 0.3 is 0 Å². The highest BCUT2D eigenvalue weighted by Gasteiger charge is 2.55. The van der Waals surface area contributed by atoms with Gasteiger partial charge in [-0.2, -0.15) is 4.39 Å². The van der Waals surface area contributed by atoms with E-state index in [1.165, 1.54) is 0 Å². The number of aromatic nitrogens is 4. The second-order valence-electron chi connectivity index (χ2n) is 10.5. The topological polar surface area (TPSA) is 110 Å². The van der Waals surface area contributed by atoms with E-state index in [1.807, 2.05) is 11.8 Å². The highest BCUT2D eigenvalue weighted by molar-refractivity contribution is 5.92. The number of carbonyl (C=O) groups excluding carboxylic acids is 1. The first-order chi connectivity index (χ1) is 15.9. The number of aromatic amines is 1. The van der Waals surface area contributed by atoms with Crippen LogP contribution in [-0.4, -0.2) is 68.5 Å². The van der Waals surface area contributed by atoms with E-state index < -0.39 is 11.5 Å². The molecule has 0 radical (unpaired) electrons. The molecule has 5 aliphatic rings. The van der Waals surface area contributed by atoms with E-state index in [9.17, 15) is 14.3 Å². The average Bonchev–Trinajstić information content (AvgIpc) is 3.21. The second-order valence-corrected chi connectivity index (χ2v) is 10.5. The summed E-state index contributed by atoms with van der Waals surface area (Å²) < 4.78 is 13.9. The molecule has 5 fully saturated rings.